The van der Waals surface area contributed by atoms with Crippen LogP contribution in [0, 0.1) is 5.92 Å². The minimum absolute atomic E-state index is 0.175. The highest BCUT2D eigenvalue weighted by Gasteiger charge is 2.30. The SMILES string of the molecule is CCOC(c1ccccc1)C(NC)C1CCCCCC1. The lowest BCUT2D eigenvalue weighted by Crippen LogP contribution is -2.40. The highest BCUT2D eigenvalue weighted by molar-refractivity contribution is 5.19. The first-order chi connectivity index (χ1) is 9.86. The van der Waals surface area contributed by atoms with Gasteiger partial charge in [-0.2, -0.15) is 0 Å². The number of benzene rings is 1. The van der Waals surface area contributed by atoms with Gasteiger partial charge in [-0.15, -0.1) is 0 Å². The van der Waals surface area contributed by atoms with Gasteiger partial charge in [0.25, 0.3) is 0 Å². The number of likely N-dealkylation sites (N-methyl/N-ethyl adjacent to an activating group) is 1. The summed E-state index contributed by atoms with van der Waals surface area (Å²) in [7, 11) is 2.09. The first-order valence-electron chi connectivity index (χ1n) is 8.20. The van der Waals surface area contributed by atoms with Gasteiger partial charge in [-0.25, -0.2) is 0 Å². The van der Waals surface area contributed by atoms with Crippen LogP contribution in [0.3, 0.4) is 0 Å². The Morgan fingerprint density at radius 3 is 2.30 bits per heavy atom. The fourth-order valence-corrected chi connectivity index (χ4v) is 3.53. The number of nitrogens with one attached hydrogen (secondary N) is 1. The highest BCUT2D eigenvalue weighted by Crippen LogP contribution is 2.33. The summed E-state index contributed by atoms with van der Waals surface area (Å²) in [4.78, 5) is 0. The summed E-state index contributed by atoms with van der Waals surface area (Å²) < 4.78 is 6.11. The van der Waals surface area contributed by atoms with Crippen molar-refractivity contribution >= 4 is 0 Å². The van der Waals surface area contributed by atoms with Crippen LogP contribution in [-0.2, 0) is 4.74 Å². The molecule has 0 radical (unpaired) electrons. The normalized spacial score (nSPS) is 20.3. The standard InChI is InChI=1S/C18H29NO/c1-3-20-18(16-13-9-6-10-14-16)17(19-2)15-11-7-4-5-8-12-15/h6,9-10,13-15,17-19H,3-5,7-8,11-12H2,1-2H3. The Hall–Kier alpha value is -0.860. The first kappa shape index (κ1) is 15.5. The van der Waals surface area contributed by atoms with Crippen LogP contribution in [0.5, 0.6) is 0 Å². The van der Waals surface area contributed by atoms with E-state index in [4.69, 9.17) is 4.74 Å². The molecule has 0 heterocycles. The van der Waals surface area contributed by atoms with Gasteiger partial charge in [0.05, 0.1) is 6.10 Å². The molecular formula is C18H29NO. The third-order valence-corrected chi connectivity index (χ3v) is 4.54. The zero-order valence-electron chi connectivity index (χ0n) is 13.0. The number of rotatable bonds is 6. The fourth-order valence-electron chi connectivity index (χ4n) is 3.53. The Morgan fingerprint density at radius 1 is 1.10 bits per heavy atom. The Kier molecular flexibility index (Phi) is 6.55. The second-order valence-electron chi connectivity index (χ2n) is 5.85. The van der Waals surface area contributed by atoms with Crippen molar-refractivity contribution in [2.75, 3.05) is 13.7 Å². The molecule has 2 heteroatoms. The molecule has 20 heavy (non-hydrogen) atoms. The quantitative estimate of drug-likeness (QED) is 0.781. The second kappa shape index (κ2) is 8.43. The van der Waals surface area contributed by atoms with Crippen LogP contribution < -0.4 is 5.32 Å². The van der Waals surface area contributed by atoms with Gasteiger partial charge < -0.3 is 10.1 Å². The van der Waals surface area contributed by atoms with Crippen molar-refractivity contribution in [1.29, 1.82) is 0 Å². The maximum absolute atomic E-state index is 6.11. The van der Waals surface area contributed by atoms with Crippen LogP contribution >= 0.6 is 0 Å². The molecule has 2 nitrogen and oxygen atoms in total. The summed E-state index contributed by atoms with van der Waals surface area (Å²) in [5.41, 5.74) is 1.30. The van der Waals surface area contributed by atoms with E-state index in [2.05, 4.69) is 49.6 Å². The molecule has 1 aliphatic rings. The zero-order chi connectivity index (χ0) is 14.2. The van der Waals surface area contributed by atoms with E-state index in [0.717, 1.165) is 12.5 Å². The Morgan fingerprint density at radius 2 is 1.75 bits per heavy atom. The fraction of sp³-hybridized carbons (Fsp3) is 0.667. The summed E-state index contributed by atoms with van der Waals surface area (Å²) >= 11 is 0. The molecular weight excluding hydrogens is 246 g/mol. The lowest BCUT2D eigenvalue weighted by molar-refractivity contribution is 0.0157. The van der Waals surface area contributed by atoms with Crippen LogP contribution in [0.15, 0.2) is 30.3 Å². The summed E-state index contributed by atoms with van der Waals surface area (Å²) in [6, 6.07) is 11.1. The third kappa shape index (κ3) is 4.07. The lowest BCUT2D eigenvalue weighted by Gasteiger charge is -2.33. The molecule has 0 aromatic heterocycles. The number of hydrogen-bond acceptors (Lipinski definition) is 2. The van der Waals surface area contributed by atoms with Gasteiger partial charge in [-0.3, -0.25) is 0 Å². The van der Waals surface area contributed by atoms with E-state index in [9.17, 15) is 0 Å². The van der Waals surface area contributed by atoms with Crippen molar-refractivity contribution in [1.82, 2.24) is 5.32 Å². The molecule has 0 bridgehead atoms. The third-order valence-electron chi connectivity index (χ3n) is 4.54. The van der Waals surface area contributed by atoms with Crippen molar-refractivity contribution in [2.24, 2.45) is 5.92 Å². The lowest BCUT2D eigenvalue weighted by atomic mass is 9.85. The van der Waals surface area contributed by atoms with E-state index in [-0.39, 0.29) is 6.10 Å². The minimum Gasteiger partial charge on any atom is -0.372 e. The molecule has 1 aromatic carbocycles. The largest absolute Gasteiger partial charge is 0.372 e. The molecule has 0 aliphatic heterocycles. The second-order valence-corrected chi connectivity index (χ2v) is 5.85. The summed E-state index contributed by atoms with van der Waals surface area (Å²) in [6.07, 6.45) is 8.39. The van der Waals surface area contributed by atoms with E-state index >= 15 is 0 Å². The van der Waals surface area contributed by atoms with E-state index in [0.29, 0.717) is 6.04 Å². The molecule has 2 rings (SSSR count). The van der Waals surface area contributed by atoms with Gasteiger partial charge >= 0.3 is 0 Å². The molecule has 2 atom stereocenters. The van der Waals surface area contributed by atoms with Gasteiger partial charge in [0.1, 0.15) is 0 Å². The minimum atomic E-state index is 0.175. The van der Waals surface area contributed by atoms with Crippen molar-refractivity contribution in [3.8, 4) is 0 Å². The Bertz CT molecular complexity index is 357. The van der Waals surface area contributed by atoms with Crippen molar-refractivity contribution < 1.29 is 4.74 Å². The molecule has 1 aromatic rings. The predicted octanol–water partition coefficient (Wildman–Crippen LogP) is 4.32. The number of ether oxygens (including phenoxy) is 1. The van der Waals surface area contributed by atoms with E-state index < -0.39 is 0 Å². The van der Waals surface area contributed by atoms with E-state index in [1.54, 1.807) is 0 Å². The van der Waals surface area contributed by atoms with Gasteiger partial charge in [0.2, 0.25) is 0 Å². The molecule has 1 fully saturated rings. The molecule has 0 amide bonds. The van der Waals surface area contributed by atoms with Crippen molar-refractivity contribution in [3.05, 3.63) is 35.9 Å². The van der Waals surface area contributed by atoms with Gasteiger partial charge in [-0.1, -0.05) is 56.0 Å². The van der Waals surface area contributed by atoms with E-state index in [1.807, 2.05) is 0 Å². The summed E-state index contributed by atoms with van der Waals surface area (Å²) in [6.45, 7) is 2.86. The predicted molar refractivity (Wildman–Crippen MR) is 84.8 cm³/mol. The van der Waals surface area contributed by atoms with Gasteiger partial charge in [-0.05, 0) is 38.3 Å². The molecule has 112 valence electrons. The summed E-state index contributed by atoms with van der Waals surface area (Å²) in [5.74, 6) is 0.735. The van der Waals surface area contributed by atoms with Crippen molar-refractivity contribution in [3.63, 3.8) is 0 Å². The maximum atomic E-state index is 6.11. The molecule has 2 unspecified atom stereocenters. The molecule has 1 N–H and O–H groups in total. The van der Waals surface area contributed by atoms with E-state index in [1.165, 1.54) is 44.1 Å². The summed E-state index contributed by atoms with van der Waals surface area (Å²) in [5, 5.41) is 3.56. The van der Waals surface area contributed by atoms with Gasteiger partial charge in [0, 0.05) is 12.6 Å². The molecule has 1 saturated carbocycles. The highest BCUT2D eigenvalue weighted by atomic mass is 16.5. The first-order valence-corrected chi connectivity index (χ1v) is 8.20. The topological polar surface area (TPSA) is 21.3 Å². The average Bonchev–Trinajstić information content (AvgIpc) is 2.77. The van der Waals surface area contributed by atoms with Crippen LogP contribution in [-0.4, -0.2) is 19.7 Å². The van der Waals surface area contributed by atoms with Crippen LogP contribution in [0.4, 0.5) is 0 Å². The average molecular weight is 275 g/mol. The smallest absolute Gasteiger partial charge is 0.0980 e. The molecule has 1 aliphatic carbocycles. The zero-order valence-corrected chi connectivity index (χ0v) is 13.0. The van der Waals surface area contributed by atoms with Crippen LogP contribution in [0.25, 0.3) is 0 Å². The van der Waals surface area contributed by atoms with Gasteiger partial charge in [0.15, 0.2) is 0 Å². The monoisotopic (exact) mass is 275 g/mol. The molecule has 0 saturated heterocycles. The van der Waals surface area contributed by atoms with Crippen molar-refractivity contribution in [2.45, 2.75) is 57.6 Å². The molecule has 0 spiro atoms. The van der Waals surface area contributed by atoms with Crippen LogP contribution in [0.2, 0.25) is 0 Å². The number of hydrogen-bond donors (Lipinski definition) is 1. The maximum Gasteiger partial charge on any atom is 0.0980 e. The Balaban J connectivity index is 2.15. The Labute approximate surface area is 123 Å². The van der Waals surface area contributed by atoms with Crippen LogP contribution in [0.1, 0.15) is 57.1 Å².